The third-order valence-electron chi connectivity index (χ3n) is 2.83. The normalized spacial score (nSPS) is 10.9. The molecule has 0 aliphatic heterocycles. The number of anilines is 2. The molecule has 0 radical (unpaired) electrons. The molecule has 1 rings (SSSR count). The fraction of sp³-hybridized carbons (Fsp3) is 0.600. The summed E-state index contributed by atoms with van der Waals surface area (Å²) < 4.78 is 24.6. The van der Waals surface area contributed by atoms with Crippen molar-refractivity contribution >= 4 is 11.4 Å². The molecule has 0 unspecified atom stereocenters. The molecule has 4 nitrogen and oxygen atoms in total. The number of benzene rings is 1. The van der Waals surface area contributed by atoms with Crippen LogP contribution >= 0.6 is 0 Å². The van der Waals surface area contributed by atoms with Gasteiger partial charge in [0.15, 0.2) is 11.6 Å². The van der Waals surface area contributed by atoms with Gasteiger partial charge < -0.3 is 20.1 Å². The molecule has 1 aromatic carbocycles. The molecular formula is C15H25FN2O2. The highest BCUT2D eigenvalue weighted by Crippen LogP contribution is 2.30. The Morgan fingerprint density at radius 2 is 2.00 bits per heavy atom. The Morgan fingerprint density at radius 1 is 1.30 bits per heavy atom. The number of nitrogens with zero attached hydrogens (tertiary/aromatic N) is 1. The van der Waals surface area contributed by atoms with E-state index in [1.54, 1.807) is 6.07 Å². The number of ether oxygens (including phenoxy) is 2. The number of nitrogen functional groups attached to an aromatic ring is 1. The van der Waals surface area contributed by atoms with Crippen LogP contribution in [0.3, 0.4) is 0 Å². The topological polar surface area (TPSA) is 47.7 Å². The molecule has 0 amide bonds. The van der Waals surface area contributed by atoms with E-state index >= 15 is 0 Å². The van der Waals surface area contributed by atoms with Gasteiger partial charge in [0.25, 0.3) is 0 Å². The van der Waals surface area contributed by atoms with E-state index < -0.39 is 5.82 Å². The highest BCUT2D eigenvalue weighted by atomic mass is 19.1. The second kappa shape index (κ2) is 7.94. The molecule has 2 N–H and O–H groups in total. The summed E-state index contributed by atoms with van der Waals surface area (Å²) in [6, 6.07) is 2.95. The molecule has 5 heteroatoms. The van der Waals surface area contributed by atoms with Crippen LogP contribution in [0.1, 0.15) is 27.2 Å². The first-order valence-electron chi connectivity index (χ1n) is 7.00. The first-order chi connectivity index (χ1) is 9.45. The molecule has 0 atom stereocenters. The SMILES string of the molecule is CCCOc1cc(N(C)CCOC(C)C)c(N)cc1F. The Bertz CT molecular complexity index is 425. The van der Waals surface area contributed by atoms with Crippen molar-refractivity contribution in [3.8, 4) is 5.75 Å². The minimum absolute atomic E-state index is 0.192. The van der Waals surface area contributed by atoms with Gasteiger partial charge in [0.1, 0.15) is 0 Å². The zero-order valence-electron chi connectivity index (χ0n) is 12.8. The Morgan fingerprint density at radius 3 is 2.60 bits per heavy atom. The van der Waals surface area contributed by atoms with E-state index in [9.17, 15) is 4.39 Å². The first kappa shape index (κ1) is 16.6. The number of hydrogen-bond acceptors (Lipinski definition) is 4. The van der Waals surface area contributed by atoms with Crippen molar-refractivity contribution < 1.29 is 13.9 Å². The first-order valence-corrected chi connectivity index (χ1v) is 7.00. The minimum atomic E-state index is -0.425. The predicted octanol–water partition coefficient (Wildman–Crippen LogP) is 3.06. The van der Waals surface area contributed by atoms with Crippen LogP contribution in [0, 0.1) is 5.82 Å². The molecule has 0 saturated heterocycles. The number of halogens is 1. The fourth-order valence-electron chi connectivity index (χ4n) is 1.76. The Balaban J connectivity index is 2.76. The summed E-state index contributed by atoms with van der Waals surface area (Å²) in [7, 11) is 1.90. The molecule has 0 fully saturated rings. The highest BCUT2D eigenvalue weighted by molar-refractivity contribution is 5.69. The van der Waals surface area contributed by atoms with Gasteiger partial charge in [0.05, 0.1) is 30.7 Å². The highest BCUT2D eigenvalue weighted by Gasteiger charge is 2.12. The smallest absolute Gasteiger partial charge is 0.167 e. The molecule has 0 bridgehead atoms. The van der Waals surface area contributed by atoms with Crippen molar-refractivity contribution in [2.75, 3.05) is 37.4 Å². The summed E-state index contributed by atoms with van der Waals surface area (Å²) in [5.41, 5.74) is 7.03. The van der Waals surface area contributed by atoms with Crippen molar-refractivity contribution in [1.82, 2.24) is 0 Å². The molecule has 114 valence electrons. The second-order valence-electron chi connectivity index (χ2n) is 5.03. The van der Waals surface area contributed by atoms with Crippen LogP contribution in [0.2, 0.25) is 0 Å². The van der Waals surface area contributed by atoms with E-state index in [4.69, 9.17) is 15.2 Å². The lowest BCUT2D eigenvalue weighted by atomic mass is 10.2. The average molecular weight is 284 g/mol. The molecule has 0 saturated carbocycles. The summed E-state index contributed by atoms with van der Waals surface area (Å²) in [5.74, 6) is -0.181. The van der Waals surface area contributed by atoms with Crippen LogP contribution in [0.15, 0.2) is 12.1 Å². The monoisotopic (exact) mass is 284 g/mol. The maximum atomic E-state index is 13.7. The van der Waals surface area contributed by atoms with E-state index in [1.165, 1.54) is 6.07 Å². The molecule has 1 aromatic rings. The van der Waals surface area contributed by atoms with Crippen molar-refractivity contribution in [1.29, 1.82) is 0 Å². The van der Waals surface area contributed by atoms with E-state index in [0.717, 1.165) is 12.1 Å². The summed E-state index contributed by atoms with van der Waals surface area (Å²) >= 11 is 0. The average Bonchev–Trinajstić information content (AvgIpc) is 2.37. The molecule has 0 aromatic heterocycles. The van der Waals surface area contributed by atoms with Crippen LogP contribution in [0.4, 0.5) is 15.8 Å². The van der Waals surface area contributed by atoms with Crippen LogP contribution in [0.5, 0.6) is 5.75 Å². The Hall–Kier alpha value is -1.49. The Kier molecular flexibility index (Phi) is 6.58. The summed E-state index contributed by atoms with van der Waals surface area (Å²) in [5, 5.41) is 0. The summed E-state index contributed by atoms with van der Waals surface area (Å²) in [6.07, 6.45) is 1.02. The van der Waals surface area contributed by atoms with E-state index in [0.29, 0.717) is 25.4 Å². The molecule has 20 heavy (non-hydrogen) atoms. The molecular weight excluding hydrogens is 259 g/mol. The van der Waals surface area contributed by atoms with Crippen molar-refractivity contribution in [2.24, 2.45) is 0 Å². The Labute approximate surface area is 120 Å². The van der Waals surface area contributed by atoms with Gasteiger partial charge in [-0.2, -0.15) is 0 Å². The lowest BCUT2D eigenvalue weighted by Gasteiger charge is -2.22. The predicted molar refractivity (Wildman–Crippen MR) is 81.0 cm³/mol. The van der Waals surface area contributed by atoms with Gasteiger partial charge in [-0.3, -0.25) is 0 Å². The van der Waals surface area contributed by atoms with Gasteiger partial charge in [-0.15, -0.1) is 0 Å². The second-order valence-corrected chi connectivity index (χ2v) is 5.03. The quantitative estimate of drug-likeness (QED) is 0.745. The summed E-state index contributed by atoms with van der Waals surface area (Å²) in [6.45, 7) is 7.72. The lowest BCUT2D eigenvalue weighted by Crippen LogP contribution is -2.24. The minimum Gasteiger partial charge on any atom is -0.490 e. The number of hydrogen-bond donors (Lipinski definition) is 1. The van der Waals surface area contributed by atoms with Gasteiger partial charge >= 0.3 is 0 Å². The summed E-state index contributed by atoms with van der Waals surface area (Å²) in [4.78, 5) is 1.94. The fourth-order valence-corrected chi connectivity index (χ4v) is 1.76. The maximum absolute atomic E-state index is 13.7. The van der Waals surface area contributed by atoms with Gasteiger partial charge in [0, 0.05) is 25.7 Å². The van der Waals surface area contributed by atoms with Gasteiger partial charge in [-0.25, -0.2) is 4.39 Å². The van der Waals surface area contributed by atoms with Crippen molar-refractivity contribution in [3.05, 3.63) is 17.9 Å². The van der Waals surface area contributed by atoms with Crippen LogP contribution in [-0.2, 0) is 4.74 Å². The third kappa shape index (κ3) is 4.89. The third-order valence-corrected chi connectivity index (χ3v) is 2.83. The van der Waals surface area contributed by atoms with Crippen LogP contribution < -0.4 is 15.4 Å². The number of nitrogens with two attached hydrogens (primary N) is 1. The van der Waals surface area contributed by atoms with Crippen molar-refractivity contribution in [2.45, 2.75) is 33.3 Å². The molecule has 0 spiro atoms. The zero-order chi connectivity index (χ0) is 15.1. The van der Waals surface area contributed by atoms with Gasteiger partial charge in [-0.05, 0) is 20.3 Å². The standard InChI is InChI=1S/C15H25FN2O2/c1-5-7-20-15-10-14(13(17)9-12(15)16)18(4)6-8-19-11(2)3/h9-11H,5-8,17H2,1-4H3. The van der Waals surface area contributed by atoms with E-state index in [2.05, 4.69) is 0 Å². The number of likely N-dealkylation sites (N-methyl/N-ethyl adjacent to an activating group) is 1. The van der Waals surface area contributed by atoms with Crippen molar-refractivity contribution in [3.63, 3.8) is 0 Å². The van der Waals surface area contributed by atoms with Gasteiger partial charge in [0.2, 0.25) is 0 Å². The molecule has 0 heterocycles. The molecule has 0 aliphatic carbocycles. The van der Waals surface area contributed by atoms with E-state index in [-0.39, 0.29) is 11.9 Å². The lowest BCUT2D eigenvalue weighted by molar-refractivity contribution is 0.0846. The molecule has 0 aliphatic rings. The van der Waals surface area contributed by atoms with Gasteiger partial charge in [-0.1, -0.05) is 6.92 Å². The largest absolute Gasteiger partial charge is 0.490 e. The van der Waals surface area contributed by atoms with Crippen LogP contribution in [-0.4, -0.2) is 32.9 Å². The van der Waals surface area contributed by atoms with Crippen LogP contribution in [0.25, 0.3) is 0 Å². The maximum Gasteiger partial charge on any atom is 0.167 e. The number of rotatable bonds is 8. The van der Waals surface area contributed by atoms with E-state index in [1.807, 2.05) is 32.7 Å². The zero-order valence-corrected chi connectivity index (χ0v) is 12.8.